The summed E-state index contributed by atoms with van der Waals surface area (Å²) in [5.74, 6) is -0.283. The van der Waals surface area contributed by atoms with Crippen LogP contribution in [0.25, 0.3) is 5.69 Å². The van der Waals surface area contributed by atoms with Crippen molar-refractivity contribution in [2.24, 2.45) is 0 Å². The van der Waals surface area contributed by atoms with Crippen LogP contribution in [0, 0.1) is 0 Å². The van der Waals surface area contributed by atoms with Gasteiger partial charge in [0.15, 0.2) is 0 Å². The van der Waals surface area contributed by atoms with Gasteiger partial charge in [-0.15, -0.1) is 0 Å². The Bertz CT molecular complexity index is 968. The van der Waals surface area contributed by atoms with Gasteiger partial charge in [0.25, 0.3) is 5.91 Å². The third kappa shape index (κ3) is 5.45. The van der Waals surface area contributed by atoms with E-state index in [0.717, 1.165) is 11.4 Å². The number of carbonyl (C=O) groups excluding carboxylic acids is 2. The van der Waals surface area contributed by atoms with Crippen molar-refractivity contribution in [3.05, 3.63) is 77.1 Å². The summed E-state index contributed by atoms with van der Waals surface area (Å²) in [6.45, 7) is 2.40. The largest absolute Gasteiger partial charge is 0.352 e. The fourth-order valence-corrected chi connectivity index (χ4v) is 3.12. The number of benzene rings is 2. The first-order valence-corrected chi connectivity index (χ1v) is 9.92. The predicted molar refractivity (Wildman–Crippen MR) is 115 cm³/mol. The number of nitrogens with one attached hydrogen (secondary N) is 2. The van der Waals surface area contributed by atoms with Crippen molar-refractivity contribution >= 4 is 29.1 Å². The third-order valence-corrected chi connectivity index (χ3v) is 4.70. The maximum atomic E-state index is 12.6. The summed E-state index contributed by atoms with van der Waals surface area (Å²) in [5, 5.41) is 10.7. The Morgan fingerprint density at radius 1 is 1.07 bits per heavy atom. The van der Waals surface area contributed by atoms with E-state index in [0.29, 0.717) is 42.1 Å². The Kier molecular flexibility index (Phi) is 7.03. The number of carbonyl (C=O) groups is 2. The summed E-state index contributed by atoms with van der Waals surface area (Å²) in [6.07, 6.45) is 3.13. The minimum absolute atomic E-state index is 0.104. The number of hydrogen-bond donors (Lipinski definition) is 2. The second-order valence-electron chi connectivity index (χ2n) is 6.52. The lowest BCUT2D eigenvalue weighted by Crippen LogP contribution is -2.26. The summed E-state index contributed by atoms with van der Waals surface area (Å²) in [6, 6.07) is 16.7. The van der Waals surface area contributed by atoms with Gasteiger partial charge in [-0.25, -0.2) is 4.68 Å². The first-order valence-electron chi connectivity index (χ1n) is 9.54. The van der Waals surface area contributed by atoms with Gasteiger partial charge in [-0.1, -0.05) is 36.7 Å². The molecule has 0 aliphatic carbocycles. The van der Waals surface area contributed by atoms with Crippen molar-refractivity contribution in [1.82, 2.24) is 15.1 Å². The zero-order valence-electron chi connectivity index (χ0n) is 16.2. The molecule has 0 saturated carbocycles. The second-order valence-corrected chi connectivity index (χ2v) is 6.96. The number of rotatable bonds is 8. The van der Waals surface area contributed by atoms with E-state index in [9.17, 15) is 9.59 Å². The Morgan fingerprint density at radius 2 is 1.79 bits per heavy atom. The quantitative estimate of drug-likeness (QED) is 0.545. The molecule has 29 heavy (non-hydrogen) atoms. The smallest absolute Gasteiger partial charge is 0.254 e. The molecule has 6 nitrogen and oxygen atoms in total. The lowest BCUT2D eigenvalue weighted by molar-refractivity contribution is -0.116. The van der Waals surface area contributed by atoms with Crippen molar-refractivity contribution in [3.63, 3.8) is 0 Å². The SMILES string of the molecule is CCc1c(C(=O)NCCCC(=O)Nc2ccc(Cl)cc2)cnn1-c1ccccc1. The molecular formula is C22H23ClN4O2. The van der Waals surface area contributed by atoms with Crippen LogP contribution >= 0.6 is 11.6 Å². The summed E-state index contributed by atoms with van der Waals surface area (Å²) in [7, 11) is 0. The molecule has 2 N–H and O–H groups in total. The fraction of sp³-hybridized carbons (Fsp3) is 0.227. The Balaban J connectivity index is 1.50. The van der Waals surface area contributed by atoms with Gasteiger partial charge in [0.05, 0.1) is 23.1 Å². The minimum atomic E-state index is -0.179. The molecule has 0 saturated heterocycles. The summed E-state index contributed by atoms with van der Waals surface area (Å²) in [4.78, 5) is 24.6. The highest BCUT2D eigenvalue weighted by atomic mass is 35.5. The predicted octanol–water partition coefficient (Wildman–Crippen LogP) is 4.24. The van der Waals surface area contributed by atoms with E-state index in [4.69, 9.17) is 11.6 Å². The summed E-state index contributed by atoms with van der Waals surface area (Å²) >= 11 is 5.83. The highest BCUT2D eigenvalue weighted by molar-refractivity contribution is 6.30. The van der Waals surface area contributed by atoms with Crippen LogP contribution in [-0.4, -0.2) is 28.1 Å². The molecule has 1 heterocycles. The van der Waals surface area contributed by atoms with E-state index in [1.54, 1.807) is 35.1 Å². The van der Waals surface area contributed by atoms with Crippen molar-refractivity contribution < 1.29 is 9.59 Å². The summed E-state index contributed by atoms with van der Waals surface area (Å²) < 4.78 is 1.79. The van der Waals surface area contributed by atoms with E-state index in [1.165, 1.54) is 0 Å². The van der Waals surface area contributed by atoms with Gasteiger partial charge in [0.2, 0.25) is 5.91 Å². The zero-order chi connectivity index (χ0) is 20.6. The van der Waals surface area contributed by atoms with Crippen LogP contribution < -0.4 is 10.6 Å². The summed E-state index contributed by atoms with van der Waals surface area (Å²) in [5.41, 5.74) is 3.03. The van der Waals surface area contributed by atoms with Crippen LogP contribution in [0.1, 0.15) is 35.8 Å². The minimum Gasteiger partial charge on any atom is -0.352 e. The molecule has 2 amide bonds. The lowest BCUT2D eigenvalue weighted by atomic mass is 10.2. The Morgan fingerprint density at radius 3 is 2.48 bits per heavy atom. The number of hydrogen-bond acceptors (Lipinski definition) is 3. The van der Waals surface area contributed by atoms with Crippen molar-refractivity contribution in [2.45, 2.75) is 26.2 Å². The zero-order valence-corrected chi connectivity index (χ0v) is 16.9. The third-order valence-electron chi connectivity index (χ3n) is 4.44. The molecule has 0 atom stereocenters. The molecule has 7 heteroatoms. The van der Waals surface area contributed by atoms with Gasteiger partial charge in [0, 0.05) is 23.7 Å². The van der Waals surface area contributed by atoms with Crippen LogP contribution in [0.15, 0.2) is 60.8 Å². The molecule has 0 aliphatic heterocycles. The van der Waals surface area contributed by atoms with E-state index in [-0.39, 0.29) is 11.8 Å². The number of halogens is 1. The topological polar surface area (TPSA) is 76.0 Å². The Hall–Kier alpha value is -3.12. The molecule has 2 aromatic carbocycles. The monoisotopic (exact) mass is 410 g/mol. The van der Waals surface area contributed by atoms with Gasteiger partial charge in [-0.05, 0) is 49.2 Å². The molecule has 0 radical (unpaired) electrons. The van der Waals surface area contributed by atoms with Crippen LogP contribution in [0.2, 0.25) is 5.02 Å². The average Bonchev–Trinajstić information content (AvgIpc) is 3.17. The normalized spacial score (nSPS) is 10.6. The standard InChI is InChI=1S/C22H23ClN4O2/c1-2-20-19(15-25-27(20)18-7-4-3-5-8-18)22(29)24-14-6-9-21(28)26-17-12-10-16(23)11-13-17/h3-5,7-8,10-13,15H,2,6,9,14H2,1H3,(H,24,29)(H,26,28). The van der Waals surface area contributed by atoms with Crippen LogP contribution in [0.5, 0.6) is 0 Å². The molecule has 3 aromatic rings. The van der Waals surface area contributed by atoms with Gasteiger partial charge in [0.1, 0.15) is 0 Å². The molecular weight excluding hydrogens is 388 g/mol. The van der Waals surface area contributed by atoms with E-state index >= 15 is 0 Å². The number of amides is 2. The molecule has 1 aromatic heterocycles. The molecule has 0 aliphatic rings. The maximum absolute atomic E-state index is 12.6. The molecule has 0 unspecified atom stereocenters. The fourth-order valence-electron chi connectivity index (χ4n) is 3.00. The van der Waals surface area contributed by atoms with Gasteiger partial charge in [-0.3, -0.25) is 9.59 Å². The molecule has 3 rings (SSSR count). The van der Waals surface area contributed by atoms with Crippen molar-refractivity contribution in [1.29, 1.82) is 0 Å². The maximum Gasteiger partial charge on any atom is 0.254 e. The average molecular weight is 411 g/mol. The number of aromatic nitrogens is 2. The van der Waals surface area contributed by atoms with Crippen molar-refractivity contribution in [3.8, 4) is 5.69 Å². The van der Waals surface area contributed by atoms with E-state index in [1.807, 2.05) is 37.3 Å². The number of nitrogens with zero attached hydrogens (tertiary/aromatic N) is 2. The molecule has 150 valence electrons. The molecule has 0 bridgehead atoms. The molecule has 0 spiro atoms. The van der Waals surface area contributed by atoms with Crippen LogP contribution in [-0.2, 0) is 11.2 Å². The van der Waals surface area contributed by atoms with E-state index in [2.05, 4.69) is 15.7 Å². The first kappa shape index (κ1) is 20.6. The van der Waals surface area contributed by atoms with Crippen molar-refractivity contribution in [2.75, 3.05) is 11.9 Å². The van der Waals surface area contributed by atoms with E-state index < -0.39 is 0 Å². The Labute approximate surface area is 174 Å². The molecule has 0 fully saturated rings. The van der Waals surface area contributed by atoms with Crippen LogP contribution in [0.4, 0.5) is 5.69 Å². The van der Waals surface area contributed by atoms with Gasteiger partial charge >= 0.3 is 0 Å². The van der Waals surface area contributed by atoms with Crippen LogP contribution in [0.3, 0.4) is 0 Å². The first-order chi connectivity index (χ1) is 14.1. The second kappa shape index (κ2) is 9.89. The van der Waals surface area contributed by atoms with Gasteiger partial charge in [-0.2, -0.15) is 5.10 Å². The highest BCUT2D eigenvalue weighted by Gasteiger charge is 2.16. The number of para-hydroxylation sites is 1. The highest BCUT2D eigenvalue weighted by Crippen LogP contribution is 2.16. The van der Waals surface area contributed by atoms with Gasteiger partial charge < -0.3 is 10.6 Å². The number of anilines is 1. The lowest BCUT2D eigenvalue weighted by Gasteiger charge is -2.09.